The number of carbonyl (C=O) groups excluding carboxylic acids is 1. The van der Waals surface area contributed by atoms with Gasteiger partial charge < -0.3 is 9.64 Å². The SMILES string of the molecule is COC(=O)C1CN(C2CCc3cc(C4CN(c5cccc(F)c5)C4)ccc32)C1. The highest BCUT2D eigenvalue weighted by Crippen LogP contribution is 2.41. The minimum Gasteiger partial charge on any atom is -0.469 e. The average Bonchev–Trinajstić information content (AvgIpc) is 3.02. The second kappa shape index (κ2) is 6.89. The van der Waals surface area contributed by atoms with Crippen molar-refractivity contribution in [2.45, 2.75) is 24.8 Å². The van der Waals surface area contributed by atoms with Gasteiger partial charge in [0, 0.05) is 43.8 Å². The third kappa shape index (κ3) is 2.98. The number of likely N-dealkylation sites (tertiary alicyclic amines) is 1. The molecule has 1 unspecified atom stereocenters. The number of fused-ring (bicyclic) bond motifs is 1. The third-order valence-corrected chi connectivity index (χ3v) is 6.62. The molecule has 0 N–H and O–H groups in total. The van der Waals surface area contributed by atoms with Gasteiger partial charge in [-0.1, -0.05) is 24.3 Å². The van der Waals surface area contributed by atoms with Gasteiger partial charge >= 0.3 is 5.97 Å². The number of hydrogen-bond acceptors (Lipinski definition) is 4. The number of nitrogens with zero attached hydrogens (tertiary/aromatic N) is 2. The van der Waals surface area contributed by atoms with Crippen LogP contribution in [0.15, 0.2) is 42.5 Å². The molecule has 1 atom stereocenters. The molecule has 2 aromatic rings. The Hall–Kier alpha value is -2.40. The molecule has 0 saturated carbocycles. The Morgan fingerprint density at radius 3 is 2.68 bits per heavy atom. The van der Waals surface area contributed by atoms with Crippen molar-refractivity contribution in [2.75, 3.05) is 38.2 Å². The summed E-state index contributed by atoms with van der Waals surface area (Å²) in [6.07, 6.45) is 2.24. The van der Waals surface area contributed by atoms with E-state index in [1.54, 1.807) is 12.1 Å². The van der Waals surface area contributed by atoms with Gasteiger partial charge in [0.2, 0.25) is 0 Å². The Labute approximate surface area is 164 Å². The first-order valence-corrected chi connectivity index (χ1v) is 10.1. The summed E-state index contributed by atoms with van der Waals surface area (Å²) < 4.78 is 18.3. The number of hydrogen-bond donors (Lipinski definition) is 0. The first kappa shape index (κ1) is 17.7. The Morgan fingerprint density at radius 2 is 1.93 bits per heavy atom. The van der Waals surface area contributed by atoms with Crippen molar-refractivity contribution < 1.29 is 13.9 Å². The number of aryl methyl sites for hydroxylation is 1. The average molecular weight is 380 g/mol. The summed E-state index contributed by atoms with van der Waals surface area (Å²) >= 11 is 0. The molecule has 28 heavy (non-hydrogen) atoms. The molecule has 5 heteroatoms. The standard InChI is InChI=1S/C23H25FN2O2/c1-28-23(27)18-13-26(14-18)22-8-6-16-9-15(5-7-21(16)22)17-11-25(12-17)20-4-2-3-19(24)10-20/h2-5,7,9-10,17-18,22H,6,8,11-14H2,1H3. The van der Waals surface area contributed by atoms with E-state index in [0.717, 1.165) is 44.7 Å². The second-order valence-corrected chi connectivity index (χ2v) is 8.27. The number of esters is 1. The lowest BCUT2D eigenvalue weighted by atomic mass is 9.88. The van der Waals surface area contributed by atoms with Crippen LogP contribution in [0.25, 0.3) is 0 Å². The van der Waals surface area contributed by atoms with E-state index in [9.17, 15) is 9.18 Å². The molecule has 5 rings (SSSR count). The van der Waals surface area contributed by atoms with Gasteiger partial charge in [0.05, 0.1) is 13.0 Å². The van der Waals surface area contributed by atoms with Crippen molar-refractivity contribution in [2.24, 2.45) is 5.92 Å². The quantitative estimate of drug-likeness (QED) is 0.760. The fraction of sp³-hybridized carbons (Fsp3) is 0.435. The summed E-state index contributed by atoms with van der Waals surface area (Å²) in [5.41, 5.74) is 5.24. The van der Waals surface area contributed by atoms with Gasteiger partial charge in [-0.25, -0.2) is 4.39 Å². The molecule has 2 heterocycles. The van der Waals surface area contributed by atoms with Crippen LogP contribution in [0.5, 0.6) is 0 Å². The molecule has 2 aliphatic heterocycles. The van der Waals surface area contributed by atoms with Crippen LogP contribution in [0.1, 0.15) is 35.1 Å². The van der Waals surface area contributed by atoms with Crippen LogP contribution in [-0.4, -0.2) is 44.2 Å². The topological polar surface area (TPSA) is 32.8 Å². The van der Waals surface area contributed by atoms with E-state index >= 15 is 0 Å². The van der Waals surface area contributed by atoms with Crippen molar-refractivity contribution in [1.82, 2.24) is 4.90 Å². The van der Waals surface area contributed by atoms with Gasteiger partial charge in [0.1, 0.15) is 5.82 Å². The molecule has 0 bridgehead atoms. The van der Waals surface area contributed by atoms with Crippen LogP contribution in [0.3, 0.4) is 0 Å². The molecule has 0 amide bonds. The number of halogens is 1. The molecule has 0 aromatic heterocycles. The van der Waals surface area contributed by atoms with Gasteiger partial charge in [-0.3, -0.25) is 9.69 Å². The monoisotopic (exact) mass is 380 g/mol. The van der Waals surface area contributed by atoms with Crippen molar-refractivity contribution in [1.29, 1.82) is 0 Å². The summed E-state index contributed by atoms with van der Waals surface area (Å²) in [6.45, 7) is 3.50. The smallest absolute Gasteiger partial charge is 0.311 e. The van der Waals surface area contributed by atoms with Crippen molar-refractivity contribution >= 4 is 11.7 Å². The normalized spacial score (nSPS) is 22.5. The first-order chi connectivity index (χ1) is 13.6. The van der Waals surface area contributed by atoms with Gasteiger partial charge in [-0.2, -0.15) is 0 Å². The molecule has 4 nitrogen and oxygen atoms in total. The number of rotatable bonds is 4. The van der Waals surface area contributed by atoms with Crippen LogP contribution < -0.4 is 4.90 Å². The number of carbonyl (C=O) groups is 1. The second-order valence-electron chi connectivity index (χ2n) is 8.27. The maximum atomic E-state index is 13.4. The lowest BCUT2D eigenvalue weighted by Gasteiger charge is -2.42. The van der Waals surface area contributed by atoms with E-state index in [2.05, 4.69) is 28.0 Å². The van der Waals surface area contributed by atoms with Crippen molar-refractivity contribution in [3.05, 3.63) is 65.0 Å². The summed E-state index contributed by atoms with van der Waals surface area (Å²) in [6, 6.07) is 14.2. The number of benzene rings is 2. The fourth-order valence-electron chi connectivity index (χ4n) is 4.90. The predicted molar refractivity (Wildman–Crippen MR) is 106 cm³/mol. The molecule has 2 fully saturated rings. The first-order valence-electron chi connectivity index (χ1n) is 10.1. The molecule has 1 aliphatic carbocycles. The number of ether oxygens (including phenoxy) is 1. The molecule has 3 aliphatic rings. The Bertz CT molecular complexity index is 903. The molecule has 146 valence electrons. The lowest BCUT2D eigenvalue weighted by Crippen LogP contribution is -2.51. The molecule has 0 spiro atoms. The van der Waals surface area contributed by atoms with E-state index in [-0.39, 0.29) is 17.7 Å². The highest BCUT2D eigenvalue weighted by Gasteiger charge is 2.40. The maximum Gasteiger partial charge on any atom is 0.311 e. The van der Waals surface area contributed by atoms with Crippen LogP contribution in [0, 0.1) is 11.7 Å². The van der Waals surface area contributed by atoms with Gasteiger partial charge in [-0.15, -0.1) is 0 Å². The minimum absolute atomic E-state index is 0.0390. The van der Waals surface area contributed by atoms with Crippen molar-refractivity contribution in [3.8, 4) is 0 Å². The highest BCUT2D eigenvalue weighted by atomic mass is 19.1. The van der Waals surface area contributed by atoms with E-state index in [0.29, 0.717) is 12.0 Å². The highest BCUT2D eigenvalue weighted by molar-refractivity contribution is 5.73. The van der Waals surface area contributed by atoms with E-state index < -0.39 is 0 Å². The van der Waals surface area contributed by atoms with E-state index in [4.69, 9.17) is 4.74 Å². The predicted octanol–water partition coefficient (Wildman–Crippen LogP) is 3.52. The Morgan fingerprint density at radius 1 is 1.11 bits per heavy atom. The van der Waals surface area contributed by atoms with E-state index in [1.807, 2.05) is 6.07 Å². The fourth-order valence-corrected chi connectivity index (χ4v) is 4.90. The summed E-state index contributed by atoms with van der Waals surface area (Å²) in [4.78, 5) is 16.3. The maximum absolute atomic E-state index is 13.4. The van der Waals surface area contributed by atoms with Crippen LogP contribution in [0.2, 0.25) is 0 Å². The molecule has 0 radical (unpaired) electrons. The van der Waals surface area contributed by atoms with Crippen molar-refractivity contribution in [3.63, 3.8) is 0 Å². The Kier molecular flexibility index (Phi) is 4.35. The number of methoxy groups -OCH3 is 1. The lowest BCUT2D eigenvalue weighted by molar-refractivity contribution is -0.152. The van der Waals surface area contributed by atoms with Crippen LogP contribution in [0.4, 0.5) is 10.1 Å². The van der Waals surface area contributed by atoms with Crippen LogP contribution in [-0.2, 0) is 16.0 Å². The molecular weight excluding hydrogens is 355 g/mol. The molecule has 2 saturated heterocycles. The molecule has 2 aromatic carbocycles. The minimum atomic E-state index is -0.176. The van der Waals surface area contributed by atoms with Crippen LogP contribution >= 0.6 is 0 Å². The zero-order valence-electron chi connectivity index (χ0n) is 16.1. The van der Waals surface area contributed by atoms with Gasteiger partial charge in [0.15, 0.2) is 0 Å². The van der Waals surface area contributed by atoms with E-state index in [1.165, 1.54) is 29.9 Å². The summed E-state index contributed by atoms with van der Waals surface area (Å²) in [5, 5.41) is 0. The largest absolute Gasteiger partial charge is 0.469 e. The third-order valence-electron chi connectivity index (χ3n) is 6.62. The van der Waals surface area contributed by atoms with Gasteiger partial charge in [-0.05, 0) is 47.7 Å². The summed E-state index contributed by atoms with van der Waals surface area (Å²) in [7, 11) is 1.47. The summed E-state index contributed by atoms with van der Waals surface area (Å²) in [5.74, 6) is 0.292. The molecular formula is C23H25FN2O2. The zero-order valence-corrected chi connectivity index (χ0v) is 16.1. The number of anilines is 1. The Balaban J connectivity index is 1.23. The zero-order chi connectivity index (χ0) is 19.3. The van der Waals surface area contributed by atoms with Gasteiger partial charge in [0.25, 0.3) is 0 Å².